The molecule has 1 unspecified atom stereocenters. The Morgan fingerprint density at radius 2 is 2.33 bits per heavy atom. The Morgan fingerprint density at radius 1 is 1.67 bits per heavy atom. The van der Waals surface area contributed by atoms with Crippen molar-refractivity contribution in [1.29, 1.82) is 5.26 Å². The highest BCUT2D eigenvalue weighted by molar-refractivity contribution is 9.10. The van der Waals surface area contributed by atoms with E-state index in [1.165, 1.54) is 6.07 Å². The first-order valence-corrected chi connectivity index (χ1v) is 6.51. The smallest absolute Gasteiger partial charge is 0.241 e. The van der Waals surface area contributed by atoms with Gasteiger partial charge in [-0.3, -0.25) is 4.79 Å². The number of halogens is 3. The topological polar surface area (TPSA) is 52.9 Å². The summed E-state index contributed by atoms with van der Waals surface area (Å²) >= 11 is 8.95. The molecule has 0 aliphatic heterocycles. The molecule has 1 aromatic carbocycles. The average molecular weight is 334 g/mol. The molecule has 0 fully saturated rings. The molecular formula is C12H11BrClFN2O. The van der Waals surface area contributed by atoms with Gasteiger partial charge in [-0.1, -0.05) is 24.9 Å². The average Bonchev–Trinajstić information content (AvgIpc) is 2.30. The van der Waals surface area contributed by atoms with Crippen LogP contribution in [-0.4, -0.2) is 5.91 Å². The Hall–Kier alpha value is -1.12. The molecule has 1 N–H and O–H groups in total. The SMILES string of the molecule is CCCC(C#N)C(=O)Nc1c(Cl)cc(F)cc1Br. The zero-order valence-corrected chi connectivity index (χ0v) is 12.0. The molecule has 1 rings (SSSR count). The molecule has 1 amide bonds. The highest BCUT2D eigenvalue weighted by Gasteiger charge is 2.19. The van der Waals surface area contributed by atoms with E-state index < -0.39 is 17.6 Å². The molecule has 18 heavy (non-hydrogen) atoms. The lowest BCUT2D eigenvalue weighted by Gasteiger charge is -2.12. The molecule has 0 spiro atoms. The zero-order chi connectivity index (χ0) is 13.7. The van der Waals surface area contributed by atoms with Crippen LogP contribution in [0.1, 0.15) is 19.8 Å². The van der Waals surface area contributed by atoms with Gasteiger partial charge in [0.2, 0.25) is 5.91 Å². The molecule has 0 heterocycles. The van der Waals surface area contributed by atoms with Crippen LogP contribution in [-0.2, 0) is 4.79 Å². The number of hydrogen-bond acceptors (Lipinski definition) is 2. The van der Waals surface area contributed by atoms with Crippen molar-refractivity contribution in [3.63, 3.8) is 0 Å². The van der Waals surface area contributed by atoms with Crippen molar-refractivity contribution in [2.45, 2.75) is 19.8 Å². The summed E-state index contributed by atoms with van der Waals surface area (Å²) in [6.07, 6.45) is 1.20. The van der Waals surface area contributed by atoms with E-state index in [0.29, 0.717) is 10.9 Å². The van der Waals surface area contributed by atoms with E-state index in [-0.39, 0.29) is 10.7 Å². The number of anilines is 1. The number of nitrogens with one attached hydrogen (secondary N) is 1. The van der Waals surface area contributed by atoms with Crippen molar-refractivity contribution in [3.05, 3.63) is 27.4 Å². The number of carbonyl (C=O) groups excluding carboxylic acids is 1. The Bertz CT molecular complexity index is 478. The molecule has 3 nitrogen and oxygen atoms in total. The molecule has 0 bridgehead atoms. The third kappa shape index (κ3) is 3.69. The van der Waals surface area contributed by atoms with E-state index in [2.05, 4.69) is 21.2 Å². The number of benzene rings is 1. The number of nitrogens with zero attached hydrogens (tertiary/aromatic N) is 1. The third-order valence-electron chi connectivity index (χ3n) is 2.30. The molecule has 1 aromatic rings. The van der Waals surface area contributed by atoms with Gasteiger partial charge in [-0.15, -0.1) is 0 Å². The van der Waals surface area contributed by atoms with E-state index in [0.717, 1.165) is 12.5 Å². The monoisotopic (exact) mass is 332 g/mol. The Balaban J connectivity index is 2.92. The van der Waals surface area contributed by atoms with Crippen LogP contribution < -0.4 is 5.32 Å². The van der Waals surface area contributed by atoms with Crippen molar-refractivity contribution < 1.29 is 9.18 Å². The number of amides is 1. The molecule has 0 aliphatic carbocycles. The summed E-state index contributed by atoms with van der Waals surface area (Å²) in [5.41, 5.74) is 0.277. The van der Waals surface area contributed by atoms with Gasteiger partial charge < -0.3 is 5.32 Å². The fraction of sp³-hybridized carbons (Fsp3) is 0.333. The van der Waals surface area contributed by atoms with Crippen molar-refractivity contribution in [2.75, 3.05) is 5.32 Å². The van der Waals surface area contributed by atoms with Gasteiger partial charge in [0.1, 0.15) is 11.7 Å². The van der Waals surface area contributed by atoms with Crippen LogP contribution in [0.3, 0.4) is 0 Å². The maximum Gasteiger partial charge on any atom is 0.241 e. The number of hydrogen-bond donors (Lipinski definition) is 1. The predicted octanol–water partition coefficient (Wildman–Crippen LogP) is 4.12. The molecule has 0 saturated carbocycles. The molecule has 0 aliphatic rings. The van der Waals surface area contributed by atoms with E-state index >= 15 is 0 Å². The highest BCUT2D eigenvalue weighted by atomic mass is 79.9. The van der Waals surface area contributed by atoms with Crippen LogP contribution >= 0.6 is 27.5 Å². The van der Waals surface area contributed by atoms with Gasteiger partial charge in [0, 0.05) is 4.47 Å². The second kappa shape index (κ2) is 6.72. The van der Waals surface area contributed by atoms with Crippen LogP contribution in [0.5, 0.6) is 0 Å². The Morgan fingerprint density at radius 3 is 2.83 bits per heavy atom. The maximum absolute atomic E-state index is 13.0. The molecule has 0 radical (unpaired) electrons. The van der Waals surface area contributed by atoms with E-state index in [4.69, 9.17) is 16.9 Å². The van der Waals surface area contributed by atoms with Gasteiger partial charge in [0.25, 0.3) is 0 Å². The lowest BCUT2D eigenvalue weighted by molar-refractivity contribution is -0.118. The highest BCUT2D eigenvalue weighted by Crippen LogP contribution is 2.32. The predicted molar refractivity (Wildman–Crippen MR) is 71.8 cm³/mol. The summed E-state index contributed by atoms with van der Waals surface area (Å²) in [6, 6.07) is 4.23. The molecule has 6 heteroatoms. The van der Waals surface area contributed by atoms with Crippen LogP contribution in [0.15, 0.2) is 16.6 Å². The van der Waals surface area contributed by atoms with Gasteiger partial charge in [-0.2, -0.15) is 5.26 Å². The quantitative estimate of drug-likeness (QED) is 0.901. The standard InChI is InChI=1S/C12H11BrClFN2O/c1-2-3-7(6-16)12(18)17-11-9(13)4-8(15)5-10(11)14/h4-5,7H,2-3H2,1H3,(H,17,18). The number of nitriles is 1. The number of carbonyl (C=O) groups is 1. The van der Waals surface area contributed by atoms with Crippen LogP contribution in [0.2, 0.25) is 5.02 Å². The molecular weight excluding hydrogens is 322 g/mol. The molecule has 96 valence electrons. The second-order valence-corrected chi connectivity index (χ2v) is 4.97. The van der Waals surface area contributed by atoms with Crippen molar-refractivity contribution in [1.82, 2.24) is 0 Å². The van der Waals surface area contributed by atoms with E-state index in [1.807, 2.05) is 13.0 Å². The van der Waals surface area contributed by atoms with Crippen molar-refractivity contribution >= 4 is 39.1 Å². The maximum atomic E-state index is 13.0. The minimum atomic E-state index is -0.733. The van der Waals surface area contributed by atoms with Crippen LogP contribution in [0.4, 0.5) is 10.1 Å². The van der Waals surface area contributed by atoms with Crippen molar-refractivity contribution in [2.24, 2.45) is 5.92 Å². The van der Waals surface area contributed by atoms with Gasteiger partial charge in [-0.25, -0.2) is 4.39 Å². The van der Waals surface area contributed by atoms with Gasteiger partial charge in [-0.05, 0) is 34.5 Å². The first kappa shape index (κ1) is 14.9. The van der Waals surface area contributed by atoms with Gasteiger partial charge in [0.15, 0.2) is 0 Å². The fourth-order valence-corrected chi connectivity index (χ4v) is 2.31. The largest absolute Gasteiger partial charge is 0.323 e. The fourth-order valence-electron chi connectivity index (χ4n) is 1.41. The summed E-state index contributed by atoms with van der Waals surface area (Å²) in [4.78, 5) is 11.8. The van der Waals surface area contributed by atoms with Gasteiger partial charge >= 0.3 is 0 Å². The zero-order valence-electron chi connectivity index (χ0n) is 9.64. The summed E-state index contributed by atoms with van der Waals surface area (Å²) in [5.74, 6) is -1.67. The van der Waals surface area contributed by atoms with Crippen LogP contribution in [0, 0.1) is 23.1 Å². The Labute approximate surface area is 118 Å². The minimum Gasteiger partial charge on any atom is -0.323 e. The minimum absolute atomic E-state index is 0.0865. The second-order valence-electron chi connectivity index (χ2n) is 3.70. The van der Waals surface area contributed by atoms with Crippen molar-refractivity contribution in [3.8, 4) is 6.07 Å². The van der Waals surface area contributed by atoms with E-state index in [1.54, 1.807) is 0 Å². The Kier molecular flexibility index (Phi) is 5.57. The third-order valence-corrected chi connectivity index (χ3v) is 3.23. The molecule has 1 atom stereocenters. The summed E-state index contributed by atoms with van der Waals surface area (Å²) in [5, 5.41) is 11.5. The first-order valence-electron chi connectivity index (χ1n) is 5.34. The molecule has 0 aromatic heterocycles. The summed E-state index contributed by atoms with van der Waals surface area (Å²) in [7, 11) is 0. The molecule has 0 saturated heterocycles. The normalized spacial score (nSPS) is 11.7. The summed E-state index contributed by atoms with van der Waals surface area (Å²) < 4.78 is 13.4. The number of rotatable bonds is 4. The first-order chi connectivity index (χ1) is 8.49. The van der Waals surface area contributed by atoms with E-state index in [9.17, 15) is 9.18 Å². The van der Waals surface area contributed by atoms with Gasteiger partial charge in [0.05, 0.1) is 16.8 Å². The van der Waals surface area contributed by atoms with Crippen LogP contribution in [0.25, 0.3) is 0 Å². The summed E-state index contributed by atoms with van der Waals surface area (Å²) in [6.45, 7) is 1.89. The lowest BCUT2D eigenvalue weighted by atomic mass is 10.0. The lowest BCUT2D eigenvalue weighted by Crippen LogP contribution is -2.21.